The van der Waals surface area contributed by atoms with E-state index >= 15 is 0 Å². The van der Waals surface area contributed by atoms with Crippen LogP contribution in [0.2, 0.25) is 0 Å². The number of rotatable bonds is 3. The Bertz CT molecular complexity index is 253. The Kier molecular flexibility index (Phi) is 3.88. The van der Waals surface area contributed by atoms with E-state index in [0.29, 0.717) is 11.1 Å². The van der Waals surface area contributed by atoms with Gasteiger partial charge in [0.25, 0.3) is 0 Å². The predicted octanol–water partition coefficient (Wildman–Crippen LogP) is 2.89. The van der Waals surface area contributed by atoms with Crippen molar-refractivity contribution in [3.05, 3.63) is 24.3 Å². The summed E-state index contributed by atoms with van der Waals surface area (Å²) < 4.78 is 5.31. The average Bonchev–Trinajstić information content (AvgIpc) is 2.09. The van der Waals surface area contributed by atoms with Gasteiger partial charge in [0.05, 0.1) is 5.33 Å². The van der Waals surface area contributed by atoms with Crippen LogP contribution in [0.1, 0.15) is 0 Å². The van der Waals surface area contributed by atoms with Crippen molar-refractivity contribution in [1.82, 2.24) is 0 Å². The molecule has 0 aliphatic carbocycles. The fourth-order valence-corrected chi connectivity index (χ4v) is 1.06. The first-order chi connectivity index (χ1) is 5.74. The number of halogens is 2. The lowest BCUT2D eigenvalue weighted by molar-refractivity contribution is 0.300. The number of hydrogen-bond donors (Lipinski definition) is 1. The van der Waals surface area contributed by atoms with E-state index in [0.717, 1.165) is 0 Å². The van der Waals surface area contributed by atoms with Crippen LogP contribution in [-0.2, 0) is 0 Å². The maximum Gasteiger partial charge on any atom is 0.163 e. The van der Waals surface area contributed by atoms with E-state index in [1.54, 1.807) is 18.2 Å². The van der Waals surface area contributed by atoms with E-state index in [-0.39, 0.29) is 10.8 Å². The molecule has 4 heteroatoms. The molecule has 0 spiro atoms. The molecule has 0 aliphatic rings. The van der Waals surface area contributed by atoms with E-state index in [9.17, 15) is 5.11 Å². The van der Waals surface area contributed by atoms with Gasteiger partial charge in [0, 0.05) is 0 Å². The summed E-state index contributed by atoms with van der Waals surface area (Å²) in [6.07, 6.45) is 0. The third kappa shape index (κ3) is 2.68. The van der Waals surface area contributed by atoms with Gasteiger partial charge in [0.15, 0.2) is 16.5 Å². The van der Waals surface area contributed by atoms with Crippen molar-refractivity contribution < 1.29 is 9.84 Å². The lowest BCUT2D eigenvalue weighted by atomic mass is 10.3. The Balaban J connectivity index is 2.69. The second-order valence-electron chi connectivity index (χ2n) is 2.15. The normalized spacial score (nSPS) is 12.5. The van der Waals surface area contributed by atoms with Crippen molar-refractivity contribution in [2.45, 2.75) is 5.01 Å². The molecule has 12 heavy (non-hydrogen) atoms. The van der Waals surface area contributed by atoms with Crippen LogP contribution in [0.4, 0.5) is 0 Å². The van der Waals surface area contributed by atoms with E-state index in [4.69, 9.17) is 4.74 Å². The molecular formula is C8H8Br2O2. The van der Waals surface area contributed by atoms with E-state index < -0.39 is 0 Å². The summed E-state index contributed by atoms with van der Waals surface area (Å²) in [5.41, 5.74) is 0. The zero-order valence-corrected chi connectivity index (χ0v) is 9.38. The number of aromatic hydroxyl groups is 1. The molecule has 2 nitrogen and oxygen atoms in total. The minimum atomic E-state index is -0.120. The monoisotopic (exact) mass is 294 g/mol. The Hall–Kier alpha value is -0.220. The van der Waals surface area contributed by atoms with Crippen molar-refractivity contribution in [2.24, 2.45) is 0 Å². The number of phenolic OH excluding ortho intramolecular Hbond substituents is 1. The van der Waals surface area contributed by atoms with Crippen LogP contribution in [-0.4, -0.2) is 15.4 Å². The molecule has 0 saturated heterocycles. The van der Waals surface area contributed by atoms with Crippen molar-refractivity contribution in [1.29, 1.82) is 0 Å². The number of ether oxygens (including phenoxy) is 1. The molecule has 0 aliphatic heterocycles. The quantitative estimate of drug-likeness (QED) is 0.869. The Labute approximate surface area is 87.8 Å². The first kappa shape index (κ1) is 9.86. The van der Waals surface area contributed by atoms with Gasteiger partial charge >= 0.3 is 0 Å². The highest BCUT2D eigenvalue weighted by molar-refractivity contribution is 9.12. The number of phenols is 1. The molecule has 66 valence electrons. The lowest BCUT2D eigenvalue weighted by Crippen LogP contribution is -2.08. The average molecular weight is 296 g/mol. The Morgan fingerprint density at radius 3 is 2.67 bits per heavy atom. The highest BCUT2D eigenvalue weighted by Gasteiger charge is 2.06. The van der Waals surface area contributed by atoms with Gasteiger partial charge in [0.1, 0.15) is 0 Å². The molecule has 1 aromatic rings. The van der Waals surface area contributed by atoms with E-state index in [2.05, 4.69) is 31.9 Å². The van der Waals surface area contributed by atoms with Crippen LogP contribution in [0, 0.1) is 0 Å². The maximum atomic E-state index is 9.29. The molecule has 0 aromatic heterocycles. The smallest absolute Gasteiger partial charge is 0.163 e. The van der Waals surface area contributed by atoms with Crippen molar-refractivity contribution in [3.63, 3.8) is 0 Å². The Morgan fingerprint density at radius 2 is 2.08 bits per heavy atom. The third-order valence-corrected chi connectivity index (χ3v) is 3.21. The van der Waals surface area contributed by atoms with Gasteiger partial charge in [-0.15, -0.1) is 0 Å². The lowest BCUT2D eigenvalue weighted by Gasteiger charge is -2.10. The topological polar surface area (TPSA) is 29.5 Å². The van der Waals surface area contributed by atoms with Gasteiger partial charge in [-0.05, 0) is 28.1 Å². The second kappa shape index (κ2) is 4.72. The van der Waals surface area contributed by atoms with Crippen molar-refractivity contribution in [3.8, 4) is 11.5 Å². The van der Waals surface area contributed by atoms with Crippen molar-refractivity contribution >= 4 is 31.9 Å². The molecule has 1 unspecified atom stereocenters. The molecule has 1 aromatic carbocycles. The van der Waals surface area contributed by atoms with Gasteiger partial charge < -0.3 is 9.84 Å². The van der Waals surface area contributed by atoms with Crippen LogP contribution in [0.15, 0.2) is 24.3 Å². The fourth-order valence-electron chi connectivity index (χ4n) is 0.726. The minimum Gasteiger partial charge on any atom is -0.504 e. The van der Waals surface area contributed by atoms with Gasteiger partial charge in [-0.2, -0.15) is 0 Å². The first-order valence-corrected chi connectivity index (χ1v) is 5.42. The summed E-state index contributed by atoms with van der Waals surface area (Å²) in [7, 11) is 0. The summed E-state index contributed by atoms with van der Waals surface area (Å²) in [5, 5.41) is 9.84. The fraction of sp³-hybridized carbons (Fsp3) is 0.250. The molecule has 0 heterocycles. The summed E-state index contributed by atoms with van der Waals surface area (Å²) in [6, 6.07) is 6.86. The number of benzene rings is 1. The Morgan fingerprint density at radius 1 is 1.42 bits per heavy atom. The first-order valence-electron chi connectivity index (χ1n) is 3.38. The SMILES string of the molecule is Oc1ccccc1OC(Br)CBr. The largest absolute Gasteiger partial charge is 0.504 e. The van der Waals surface area contributed by atoms with Gasteiger partial charge in [0.2, 0.25) is 0 Å². The summed E-state index contributed by atoms with van der Waals surface area (Å²) in [5.74, 6) is 0.640. The van der Waals surface area contributed by atoms with Gasteiger partial charge in [-0.1, -0.05) is 28.1 Å². The van der Waals surface area contributed by atoms with Crippen molar-refractivity contribution in [2.75, 3.05) is 5.33 Å². The van der Waals surface area contributed by atoms with Crippen LogP contribution < -0.4 is 4.74 Å². The predicted molar refractivity (Wildman–Crippen MR) is 55.2 cm³/mol. The minimum absolute atomic E-state index is 0.120. The number of hydrogen-bond acceptors (Lipinski definition) is 2. The second-order valence-corrected chi connectivity index (χ2v) is 3.82. The highest BCUT2D eigenvalue weighted by Crippen LogP contribution is 2.26. The highest BCUT2D eigenvalue weighted by atomic mass is 79.9. The standard InChI is InChI=1S/C8H8Br2O2/c9-5-8(10)12-7-4-2-1-3-6(7)11/h1-4,8,11H,5H2. The van der Waals surface area contributed by atoms with Gasteiger partial charge in [-0.3, -0.25) is 0 Å². The van der Waals surface area contributed by atoms with Crippen LogP contribution in [0.25, 0.3) is 0 Å². The molecule has 0 radical (unpaired) electrons. The van der Waals surface area contributed by atoms with E-state index in [1.807, 2.05) is 6.07 Å². The summed E-state index contributed by atoms with van der Waals surface area (Å²) in [4.78, 5) is 0. The zero-order chi connectivity index (χ0) is 8.97. The van der Waals surface area contributed by atoms with Gasteiger partial charge in [-0.25, -0.2) is 0 Å². The third-order valence-electron chi connectivity index (χ3n) is 1.24. The molecule has 1 rings (SSSR count). The molecule has 1 N–H and O–H groups in total. The molecule has 1 atom stereocenters. The molecule has 0 amide bonds. The van der Waals surface area contributed by atoms with Crippen LogP contribution in [0.3, 0.4) is 0 Å². The summed E-state index contributed by atoms with van der Waals surface area (Å²) in [6.45, 7) is 0. The summed E-state index contributed by atoms with van der Waals surface area (Å²) >= 11 is 6.51. The number of alkyl halides is 2. The molecule has 0 bridgehead atoms. The molecule has 0 fully saturated rings. The van der Waals surface area contributed by atoms with E-state index in [1.165, 1.54) is 0 Å². The maximum absolute atomic E-state index is 9.29. The number of para-hydroxylation sites is 2. The molecular weight excluding hydrogens is 288 g/mol. The molecule has 0 saturated carbocycles. The van der Waals surface area contributed by atoms with Crippen LogP contribution >= 0.6 is 31.9 Å². The van der Waals surface area contributed by atoms with Crippen LogP contribution in [0.5, 0.6) is 11.5 Å². The zero-order valence-electron chi connectivity index (χ0n) is 6.21.